The van der Waals surface area contributed by atoms with Gasteiger partial charge in [0, 0.05) is 43.2 Å². The summed E-state index contributed by atoms with van der Waals surface area (Å²) in [5.41, 5.74) is -0.394. The van der Waals surface area contributed by atoms with E-state index < -0.39 is 27.3 Å². The number of carbonyl (C=O) groups is 3. The van der Waals surface area contributed by atoms with E-state index in [4.69, 9.17) is 15.5 Å². The summed E-state index contributed by atoms with van der Waals surface area (Å²) in [5, 5.41) is 31.0. The minimum absolute atomic E-state index is 0.0715. The van der Waals surface area contributed by atoms with E-state index in [-0.39, 0.29) is 23.4 Å². The molecule has 1 fully saturated rings. The van der Waals surface area contributed by atoms with Gasteiger partial charge in [0.05, 0.1) is 17.5 Å². The third-order valence-corrected chi connectivity index (χ3v) is 5.78. The third kappa shape index (κ3) is 10.4. The van der Waals surface area contributed by atoms with Crippen LogP contribution in [0.1, 0.15) is 26.7 Å². The quantitative estimate of drug-likeness (QED) is 0.349. The Bertz CT molecular complexity index is 1030. The van der Waals surface area contributed by atoms with Crippen molar-refractivity contribution >= 4 is 33.5 Å². The number of hydrogen-bond donors (Lipinski definition) is 4. The Morgan fingerprint density at radius 3 is 2.35 bits per heavy atom. The summed E-state index contributed by atoms with van der Waals surface area (Å²) in [5.74, 6) is -2.03. The first-order valence-electron chi connectivity index (χ1n) is 10.2. The normalized spacial score (nSPS) is 15.8. The monoisotopic (exact) mass is 495 g/mol. The van der Waals surface area contributed by atoms with Gasteiger partial charge in [0.25, 0.3) is 0 Å². The van der Waals surface area contributed by atoms with Crippen molar-refractivity contribution in [2.45, 2.75) is 43.2 Å². The van der Waals surface area contributed by atoms with Crippen molar-refractivity contribution < 1.29 is 33.0 Å². The fourth-order valence-electron chi connectivity index (χ4n) is 2.84. The van der Waals surface area contributed by atoms with Gasteiger partial charge in [-0.15, -0.1) is 0 Å². The number of sulfone groups is 1. The van der Waals surface area contributed by atoms with E-state index >= 15 is 0 Å². The largest absolute Gasteiger partial charge is 0.478 e. The smallest absolute Gasteiger partial charge is 0.328 e. The number of likely N-dealkylation sites (tertiary alicyclic amines) is 1. The molecule has 0 bridgehead atoms. The molecule has 1 amide bonds. The molecule has 1 aliphatic heterocycles. The number of hydrogen-bond acceptors (Lipinski definition) is 9. The average Bonchev–Trinajstić information content (AvgIpc) is 3.24. The summed E-state index contributed by atoms with van der Waals surface area (Å²) in [7, 11) is -3.26. The molecule has 0 aromatic carbocycles. The summed E-state index contributed by atoms with van der Waals surface area (Å²) < 4.78 is 22.9. The van der Waals surface area contributed by atoms with Crippen molar-refractivity contribution in [3.05, 3.63) is 30.5 Å². The Hall–Kier alpha value is -3.50. The number of carboxylic acids is 2. The molecule has 1 aliphatic rings. The molecule has 1 saturated heterocycles. The number of nitrogens with one attached hydrogen (secondary N) is 2. The lowest BCUT2D eigenvalue weighted by atomic mass is 10.1. The Morgan fingerprint density at radius 2 is 1.88 bits per heavy atom. The van der Waals surface area contributed by atoms with Gasteiger partial charge in [-0.2, -0.15) is 5.26 Å². The minimum Gasteiger partial charge on any atom is -0.478 e. The van der Waals surface area contributed by atoms with E-state index in [0.29, 0.717) is 31.1 Å². The van der Waals surface area contributed by atoms with E-state index in [1.54, 1.807) is 11.0 Å². The highest BCUT2D eigenvalue weighted by atomic mass is 32.2. The van der Waals surface area contributed by atoms with E-state index in [1.165, 1.54) is 12.3 Å². The zero-order chi connectivity index (χ0) is 25.9. The second-order valence-corrected chi connectivity index (χ2v) is 10.1. The number of carboxylic acid groups (broad SMARTS) is 2. The summed E-state index contributed by atoms with van der Waals surface area (Å²) >= 11 is 0. The number of carbonyl (C=O) groups excluding carboxylic acids is 1. The van der Waals surface area contributed by atoms with Gasteiger partial charge in [-0.05, 0) is 38.8 Å². The molecule has 0 aliphatic carbocycles. The Kier molecular flexibility index (Phi) is 10.6. The molecule has 2 rings (SSSR count). The highest BCUT2D eigenvalue weighted by Gasteiger charge is 2.29. The zero-order valence-electron chi connectivity index (χ0n) is 19.2. The van der Waals surface area contributed by atoms with Crippen LogP contribution in [-0.2, 0) is 24.2 Å². The molecule has 1 atom stereocenters. The second kappa shape index (κ2) is 12.7. The van der Waals surface area contributed by atoms with Crippen LogP contribution in [0.15, 0.2) is 35.4 Å². The predicted molar refractivity (Wildman–Crippen MR) is 123 cm³/mol. The van der Waals surface area contributed by atoms with Crippen molar-refractivity contribution in [2.75, 3.05) is 31.2 Å². The van der Waals surface area contributed by atoms with E-state index in [9.17, 15) is 22.8 Å². The van der Waals surface area contributed by atoms with Crippen LogP contribution in [0.25, 0.3) is 0 Å². The van der Waals surface area contributed by atoms with Crippen LogP contribution in [0, 0.1) is 11.3 Å². The molecule has 1 aromatic rings. The first kappa shape index (κ1) is 28.5. The summed E-state index contributed by atoms with van der Waals surface area (Å²) in [6.07, 6.45) is 5.17. The standard InChI is InChI=1S/C17H25N5O3S.C4H4O4/c1-17(2,21-11-16(23)22-8-4-5-13(22)9-18)12-20-15-7-6-14(10-19-15)26(3,24)25;5-3(6)1-2-4(7)8/h6-7,10,13,21H,4-5,8,11-12H2,1-3H3,(H,19,20);1-2H,(H,5,6)(H,7,8)/b;2-1+/t13-;/m0./s1. The maximum atomic E-state index is 12.3. The van der Waals surface area contributed by atoms with Gasteiger partial charge in [0.1, 0.15) is 11.9 Å². The van der Waals surface area contributed by atoms with E-state index in [1.807, 2.05) is 13.8 Å². The molecule has 0 spiro atoms. The van der Waals surface area contributed by atoms with Gasteiger partial charge >= 0.3 is 11.9 Å². The van der Waals surface area contributed by atoms with Gasteiger partial charge < -0.3 is 25.7 Å². The van der Waals surface area contributed by atoms with Gasteiger partial charge in [0.15, 0.2) is 9.84 Å². The van der Waals surface area contributed by atoms with Crippen LogP contribution in [0.3, 0.4) is 0 Å². The number of aliphatic carboxylic acids is 2. The van der Waals surface area contributed by atoms with E-state index in [2.05, 4.69) is 21.7 Å². The summed E-state index contributed by atoms with van der Waals surface area (Å²) in [4.78, 5) is 37.3. The fourth-order valence-corrected chi connectivity index (χ4v) is 3.40. The molecule has 186 valence electrons. The van der Waals surface area contributed by atoms with Crippen molar-refractivity contribution in [3.63, 3.8) is 0 Å². The number of nitrogens with zero attached hydrogens (tertiary/aromatic N) is 3. The topological polar surface area (TPSA) is 190 Å². The van der Waals surface area contributed by atoms with Gasteiger partial charge in [-0.25, -0.2) is 23.0 Å². The second-order valence-electron chi connectivity index (χ2n) is 8.13. The van der Waals surface area contributed by atoms with Crippen molar-refractivity contribution in [1.82, 2.24) is 15.2 Å². The summed E-state index contributed by atoms with van der Waals surface area (Å²) in [6.45, 7) is 5.18. The minimum atomic E-state index is -3.26. The average molecular weight is 496 g/mol. The predicted octanol–water partition coefficient (Wildman–Crippen LogP) is 0.492. The van der Waals surface area contributed by atoms with Crippen LogP contribution >= 0.6 is 0 Å². The number of aromatic nitrogens is 1. The first-order valence-corrected chi connectivity index (χ1v) is 12.1. The van der Waals surface area contributed by atoms with Crippen LogP contribution in [0.2, 0.25) is 0 Å². The third-order valence-electron chi connectivity index (χ3n) is 4.68. The molecule has 13 heteroatoms. The maximum Gasteiger partial charge on any atom is 0.328 e. The lowest BCUT2D eigenvalue weighted by Gasteiger charge is -2.28. The van der Waals surface area contributed by atoms with Crippen LogP contribution < -0.4 is 10.6 Å². The number of nitriles is 1. The zero-order valence-corrected chi connectivity index (χ0v) is 20.0. The highest BCUT2D eigenvalue weighted by molar-refractivity contribution is 7.90. The number of rotatable bonds is 9. The molecule has 12 nitrogen and oxygen atoms in total. The molecule has 2 heterocycles. The molecule has 0 unspecified atom stereocenters. The molecule has 34 heavy (non-hydrogen) atoms. The Labute approximate surface area is 198 Å². The maximum absolute atomic E-state index is 12.3. The van der Waals surface area contributed by atoms with Crippen LogP contribution in [0.4, 0.5) is 5.82 Å². The van der Waals surface area contributed by atoms with Crippen LogP contribution in [-0.4, -0.2) is 83.8 Å². The molecular weight excluding hydrogens is 466 g/mol. The van der Waals surface area contributed by atoms with Crippen LogP contribution in [0.5, 0.6) is 0 Å². The van der Waals surface area contributed by atoms with Crippen molar-refractivity contribution in [2.24, 2.45) is 0 Å². The fraction of sp³-hybridized carbons (Fsp3) is 0.476. The molecule has 1 aromatic heterocycles. The Morgan fingerprint density at radius 1 is 1.26 bits per heavy atom. The number of amides is 1. The first-order chi connectivity index (χ1) is 15.7. The molecule has 0 saturated carbocycles. The Balaban J connectivity index is 0.000000620. The lowest BCUT2D eigenvalue weighted by molar-refractivity contribution is -0.134. The molecule has 0 radical (unpaired) electrons. The highest BCUT2D eigenvalue weighted by Crippen LogP contribution is 2.16. The van der Waals surface area contributed by atoms with Crippen molar-refractivity contribution in [1.29, 1.82) is 5.26 Å². The van der Waals surface area contributed by atoms with Gasteiger partial charge in [0.2, 0.25) is 5.91 Å². The number of anilines is 1. The van der Waals surface area contributed by atoms with Gasteiger partial charge in [-0.3, -0.25) is 4.79 Å². The number of pyridine rings is 1. The molecular formula is C21H29N5O7S. The van der Waals surface area contributed by atoms with E-state index in [0.717, 1.165) is 19.1 Å². The lowest BCUT2D eigenvalue weighted by Crippen LogP contribution is -2.50. The SMILES string of the molecule is CC(C)(CNc1ccc(S(C)(=O)=O)cn1)NCC(=O)N1CCC[C@H]1C#N.O=C(O)/C=C/C(=O)O. The summed E-state index contributed by atoms with van der Waals surface area (Å²) in [6, 6.07) is 4.97. The van der Waals surface area contributed by atoms with Crippen molar-refractivity contribution in [3.8, 4) is 6.07 Å². The molecule has 4 N–H and O–H groups in total. The van der Waals surface area contributed by atoms with Gasteiger partial charge in [-0.1, -0.05) is 0 Å².